The third-order valence-electron chi connectivity index (χ3n) is 2.79. The quantitative estimate of drug-likeness (QED) is 0.764. The van der Waals surface area contributed by atoms with Gasteiger partial charge in [0.05, 0.1) is 5.60 Å². The van der Waals surface area contributed by atoms with Crippen molar-refractivity contribution >= 4 is 16.9 Å². The van der Waals surface area contributed by atoms with E-state index in [9.17, 15) is 9.90 Å². The molecule has 0 aromatic carbocycles. The molecule has 0 heterocycles. The summed E-state index contributed by atoms with van der Waals surface area (Å²) >= 11 is 1.41. The molecular weight excluding hydrogens is 208 g/mol. The van der Waals surface area contributed by atoms with E-state index in [0.29, 0.717) is 11.2 Å². The first kappa shape index (κ1) is 15.0. The van der Waals surface area contributed by atoms with Gasteiger partial charge in [-0.15, -0.1) is 0 Å². The van der Waals surface area contributed by atoms with Crippen LogP contribution in [0.4, 0.5) is 0 Å². The lowest BCUT2D eigenvalue weighted by atomic mass is 9.93. The summed E-state index contributed by atoms with van der Waals surface area (Å²) in [5.74, 6) is 0.478. The van der Waals surface area contributed by atoms with Crippen molar-refractivity contribution < 1.29 is 9.90 Å². The van der Waals surface area contributed by atoms with Crippen LogP contribution in [0.5, 0.6) is 0 Å². The number of hydrogen-bond acceptors (Lipinski definition) is 3. The van der Waals surface area contributed by atoms with Gasteiger partial charge in [-0.3, -0.25) is 4.79 Å². The van der Waals surface area contributed by atoms with Gasteiger partial charge in [0.2, 0.25) is 0 Å². The van der Waals surface area contributed by atoms with Crippen LogP contribution in [0, 0.1) is 5.92 Å². The molecule has 0 bridgehead atoms. The summed E-state index contributed by atoms with van der Waals surface area (Å²) in [6, 6.07) is 0. The van der Waals surface area contributed by atoms with Gasteiger partial charge in [0.15, 0.2) is 5.12 Å². The van der Waals surface area contributed by atoms with E-state index < -0.39 is 5.60 Å². The first-order chi connectivity index (χ1) is 6.78. The maximum atomic E-state index is 11.1. The van der Waals surface area contributed by atoms with E-state index in [1.54, 1.807) is 6.92 Å². The predicted octanol–water partition coefficient (Wildman–Crippen LogP) is 3.23. The number of hydrogen-bond donors (Lipinski definition) is 1. The molecule has 15 heavy (non-hydrogen) atoms. The maximum absolute atomic E-state index is 11.1. The van der Waals surface area contributed by atoms with Gasteiger partial charge in [-0.05, 0) is 32.1 Å². The molecule has 0 saturated carbocycles. The van der Waals surface area contributed by atoms with Crippen molar-refractivity contribution in [1.29, 1.82) is 0 Å². The van der Waals surface area contributed by atoms with Crippen molar-refractivity contribution in [2.45, 2.75) is 64.7 Å². The molecule has 1 N–H and O–H groups in total. The molecule has 2 unspecified atom stereocenters. The summed E-state index contributed by atoms with van der Waals surface area (Å²) in [6.07, 6.45) is 2.44. The number of carbonyl (C=O) groups excluding carboxylic acids is 1. The van der Waals surface area contributed by atoms with Crippen LogP contribution in [0.2, 0.25) is 0 Å². The normalized spacial score (nSPS) is 17.5. The van der Waals surface area contributed by atoms with E-state index in [4.69, 9.17) is 0 Å². The summed E-state index contributed by atoms with van der Waals surface area (Å²) in [4.78, 5) is 11.1. The lowest BCUT2D eigenvalue weighted by Gasteiger charge is -2.25. The van der Waals surface area contributed by atoms with Crippen LogP contribution < -0.4 is 0 Å². The first-order valence-corrected chi connectivity index (χ1v) is 6.56. The zero-order valence-electron chi connectivity index (χ0n) is 10.5. The van der Waals surface area contributed by atoms with E-state index in [1.807, 2.05) is 13.8 Å². The molecule has 0 aliphatic heterocycles. The van der Waals surface area contributed by atoms with Crippen molar-refractivity contribution in [2.24, 2.45) is 5.92 Å². The molecule has 2 atom stereocenters. The Morgan fingerprint density at radius 2 is 2.00 bits per heavy atom. The second-order valence-corrected chi connectivity index (χ2v) is 6.20. The molecule has 0 amide bonds. The highest BCUT2D eigenvalue weighted by Gasteiger charge is 2.22. The lowest BCUT2D eigenvalue weighted by Crippen LogP contribution is -2.25. The summed E-state index contributed by atoms with van der Waals surface area (Å²) in [5, 5.41) is 10.4. The fourth-order valence-corrected chi connectivity index (χ4v) is 2.31. The minimum Gasteiger partial charge on any atom is -0.390 e. The Bertz CT molecular complexity index is 200. The van der Waals surface area contributed by atoms with Crippen LogP contribution >= 0.6 is 11.8 Å². The molecular formula is C12H24O2S. The number of carbonyl (C=O) groups is 1. The molecule has 0 radical (unpaired) electrons. The molecule has 0 rings (SSSR count). The second kappa shape index (κ2) is 6.54. The maximum Gasteiger partial charge on any atom is 0.186 e. The Hall–Kier alpha value is -0.0200. The van der Waals surface area contributed by atoms with Gasteiger partial charge in [0.1, 0.15) is 0 Å². The minimum atomic E-state index is -0.579. The Morgan fingerprint density at radius 1 is 1.47 bits per heavy atom. The van der Waals surface area contributed by atoms with E-state index in [1.165, 1.54) is 11.8 Å². The summed E-state index contributed by atoms with van der Waals surface area (Å²) < 4.78 is 0. The van der Waals surface area contributed by atoms with Gasteiger partial charge in [0.25, 0.3) is 0 Å². The lowest BCUT2D eigenvalue weighted by molar-refractivity contribution is -0.109. The fraction of sp³-hybridized carbons (Fsp3) is 0.917. The van der Waals surface area contributed by atoms with E-state index in [0.717, 1.165) is 19.3 Å². The molecule has 90 valence electrons. The highest BCUT2D eigenvalue weighted by molar-refractivity contribution is 8.14. The smallest absolute Gasteiger partial charge is 0.186 e. The molecule has 0 fully saturated rings. The monoisotopic (exact) mass is 232 g/mol. The molecule has 0 spiro atoms. The SMILES string of the molecule is CCC(C)(O)CCC(SC(C)=O)C(C)C. The third-order valence-corrected chi connectivity index (χ3v) is 4.20. The van der Waals surface area contributed by atoms with Crippen molar-refractivity contribution in [3.63, 3.8) is 0 Å². The van der Waals surface area contributed by atoms with E-state index in [-0.39, 0.29) is 5.12 Å². The summed E-state index contributed by atoms with van der Waals surface area (Å²) in [7, 11) is 0. The zero-order valence-corrected chi connectivity index (χ0v) is 11.4. The Kier molecular flexibility index (Phi) is 6.53. The highest BCUT2D eigenvalue weighted by Crippen LogP contribution is 2.28. The number of thioether (sulfide) groups is 1. The summed E-state index contributed by atoms with van der Waals surface area (Å²) in [5.41, 5.74) is -0.579. The van der Waals surface area contributed by atoms with Crippen molar-refractivity contribution in [1.82, 2.24) is 0 Å². The molecule has 0 aromatic heterocycles. The average molecular weight is 232 g/mol. The van der Waals surface area contributed by atoms with Crippen LogP contribution in [0.15, 0.2) is 0 Å². The van der Waals surface area contributed by atoms with Crippen LogP contribution in [0.25, 0.3) is 0 Å². The number of rotatable bonds is 6. The first-order valence-electron chi connectivity index (χ1n) is 5.68. The second-order valence-electron chi connectivity index (χ2n) is 4.78. The topological polar surface area (TPSA) is 37.3 Å². The van der Waals surface area contributed by atoms with Gasteiger partial charge in [0, 0.05) is 12.2 Å². The van der Waals surface area contributed by atoms with Crippen LogP contribution in [-0.2, 0) is 4.79 Å². The predicted molar refractivity (Wildman–Crippen MR) is 67.0 cm³/mol. The molecule has 0 aromatic rings. The molecule has 2 nitrogen and oxygen atoms in total. The van der Waals surface area contributed by atoms with Gasteiger partial charge in [-0.25, -0.2) is 0 Å². The molecule has 0 saturated heterocycles. The van der Waals surface area contributed by atoms with Gasteiger partial charge >= 0.3 is 0 Å². The minimum absolute atomic E-state index is 0.171. The largest absolute Gasteiger partial charge is 0.390 e. The van der Waals surface area contributed by atoms with E-state index >= 15 is 0 Å². The Balaban J connectivity index is 4.13. The fourth-order valence-electron chi connectivity index (χ4n) is 1.37. The van der Waals surface area contributed by atoms with Crippen LogP contribution in [0.3, 0.4) is 0 Å². The molecule has 3 heteroatoms. The van der Waals surface area contributed by atoms with Crippen LogP contribution in [-0.4, -0.2) is 21.1 Å². The van der Waals surface area contributed by atoms with Gasteiger partial charge in [-0.1, -0.05) is 32.5 Å². The average Bonchev–Trinajstić information content (AvgIpc) is 2.11. The van der Waals surface area contributed by atoms with Gasteiger partial charge in [-0.2, -0.15) is 0 Å². The number of aliphatic hydroxyl groups is 1. The standard InChI is InChI=1S/C12H24O2S/c1-6-12(5,14)8-7-11(9(2)3)15-10(4)13/h9,11,14H,6-8H2,1-5H3. The van der Waals surface area contributed by atoms with E-state index in [2.05, 4.69) is 13.8 Å². The van der Waals surface area contributed by atoms with Crippen molar-refractivity contribution in [3.05, 3.63) is 0 Å². The Morgan fingerprint density at radius 3 is 2.33 bits per heavy atom. The van der Waals surface area contributed by atoms with Crippen LogP contribution in [0.1, 0.15) is 53.9 Å². The highest BCUT2D eigenvalue weighted by atomic mass is 32.2. The van der Waals surface area contributed by atoms with Gasteiger partial charge < -0.3 is 5.11 Å². The molecule has 0 aliphatic carbocycles. The van der Waals surface area contributed by atoms with Crippen molar-refractivity contribution in [2.75, 3.05) is 0 Å². The molecule has 0 aliphatic rings. The summed E-state index contributed by atoms with van der Waals surface area (Å²) in [6.45, 7) is 9.71. The van der Waals surface area contributed by atoms with Crippen molar-refractivity contribution in [3.8, 4) is 0 Å². The zero-order chi connectivity index (χ0) is 12.1. The Labute approximate surface area is 97.8 Å². The third kappa shape index (κ3) is 6.96.